The Labute approximate surface area is 175 Å². The number of hydrogen-bond donors (Lipinski definition) is 0. The van der Waals surface area contributed by atoms with Crippen LogP contribution in [0.25, 0.3) is 0 Å². The van der Waals surface area contributed by atoms with Crippen LogP contribution in [0.5, 0.6) is 0 Å². The first kappa shape index (κ1) is 22.2. The summed E-state index contributed by atoms with van der Waals surface area (Å²) < 4.78 is 9.71. The molecule has 0 N–H and O–H groups in total. The summed E-state index contributed by atoms with van der Waals surface area (Å²) in [5.41, 5.74) is 2.04. The minimum absolute atomic E-state index is 0.257. The van der Waals surface area contributed by atoms with Gasteiger partial charge in [0.25, 0.3) is 0 Å². The Morgan fingerprint density at radius 2 is 1.61 bits per heavy atom. The Morgan fingerprint density at radius 3 is 2.21 bits per heavy atom. The number of rotatable bonds is 10. The van der Waals surface area contributed by atoms with Crippen LogP contribution in [0.4, 0.5) is 0 Å². The van der Waals surface area contributed by atoms with E-state index in [9.17, 15) is 9.59 Å². The van der Waals surface area contributed by atoms with Crippen LogP contribution >= 0.6 is 15.9 Å². The first-order valence-corrected chi connectivity index (χ1v) is 10.3. The normalized spacial score (nSPS) is 14.0. The molecule has 0 saturated carbocycles. The number of aryl methyl sites for hydroxylation is 1. The summed E-state index contributed by atoms with van der Waals surface area (Å²) in [6.07, 6.45) is 1.86. The molecule has 0 fully saturated rings. The fourth-order valence-electron chi connectivity index (χ4n) is 2.97. The maximum atomic E-state index is 12.6. The summed E-state index contributed by atoms with van der Waals surface area (Å²) in [5.74, 6) is -1.25. The number of hydrogen-bond acceptors (Lipinski definition) is 4. The molecule has 2 aromatic carbocycles. The molecule has 0 saturated heterocycles. The molecule has 0 aliphatic carbocycles. The van der Waals surface area contributed by atoms with Gasteiger partial charge in [0.15, 0.2) is 0 Å². The van der Waals surface area contributed by atoms with Crippen LogP contribution in [0, 0.1) is 0 Å². The number of alkyl halides is 1. The van der Waals surface area contributed by atoms with E-state index in [1.807, 2.05) is 48.5 Å². The second-order valence-electron chi connectivity index (χ2n) is 6.84. The number of carbonyl (C=O) groups is 2. The van der Waals surface area contributed by atoms with Gasteiger partial charge in [0.1, 0.15) is 4.32 Å². The molecule has 2 rings (SSSR count). The lowest BCUT2D eigenvalue weighted by Gasteiger charge is -2.25. The average Bonchev–Trinajstić information content (AvgIpc) is 2.71. The maximum Gasteiger partial charge on any atom is 0.322 e. The van der Waals surface area contributed by atoms with E-state index in [0.717, 1.165) is 18.4 Å². The van der Waals surface area contributed by atoms with E-state index in [2.05, 4.69) is 28.1 Å². The van der Waals surface area contributed by atoms with Crippen molar-refractivity contribution in [3.8, 4) is 0 Å². The van der Waals surface area contributed by atoms with E-state index in [1.165, 1.54) is 5.56 Å². The smallest absolute Gasteiger partial charge is 0.322 e. The van der Waals surface area contributed by atoms with Gasteiger partial charge in [0, 0.05) is 0 Å². The average molecular weight is 447 g/mol. The summed E-state index contributed by atoms with van der Waals surface area (Å²) in [4.78, 5) is 25.1. The van der Waals surface area contributed by atoms with E-state index in [0.29, 0.717) is 13.2 Å². The van der Waals surface area contributed by atoms with Crippen LogP contribution in [0.3, 0.4) is 0 Å². The lowest BCUT2D eigenvalue weighted by molar-refractivity contribution is -0.148. The Hall–Kier alpha value is -2.14. The molecule has 0 aromatic heterocycles. The van der Waals surface area contributed by atoms with E-state index in [4.69, 9.17) is 9.47 Å². The van der Waals surface area contributed by atoms with Crippen LogP contribution < -0.4 is 0 Å². The highest BCUT2D eigenvalue weighted by Crippen LogP contribution is 2.34. The molecule has 4 nitrogen and oxygen atoms in total. The van der Waals surface area contributed by atoms with E-state index in [-0.39, 0.29) is 18.4 Å². The number of carbonyl (C=O) groups excluding carboxylic acids is 2. The zero-order valence-electron chi connectivity index (χ0n) is 16.4. The van der Waals surface area contributed by atoms with Crippen molar-refractivity contribution in [3.05, 3.63) is 71.8 Å². The SMILES string of the molecule is CCOC(=O)C(CC(C)(Br)C(=O)OCCCc1ccccc1)c1ccccc1. The Kier molecular flexibility index (Phi) is 8.71. The standard InChI is InChI=1S/C23H27BrO4/c1-3-27-21(25)20(19-14-8-5-9-15-19)17-23(2,24)22(26)28-16-10-13-18-11-6-4-7-12-18/h4-9,11-12,14-15,20H,3,10,13,16-17H2,1-2H3. The summed E-state index contributed by atoms with van der Waals surface area (Å²) in [6, 6.07) is 19.5. The van der Waals surface area contributed by atoms with Crippen molar-refractivity contribution in [2.75, 3.05) is 13.2 Å². The second kappa shape index (κ2) is 11.0. The first-order valence-electron chi connectivity index (χ1n) is 9.55. The monoisotopic (exact) mass is 446 g/mol. The molecule has 0 aliphatic heterocycles. The predicted octanol–water partition coefficient (Wildman–Crippen LogP) is 5.05. The van der Waals surface area contributed by atoms with E-state index < -0.39 is 10.2 Å². The fourth-order valence-corrected chi connectivity index (χ4v) is 3.41. The van der Waals surface area contributed by atoms with Gasteiger partial charge in [0.05, 0.1) is 19.1 Å². The van der Waals surface area contributed by atoms with Crippen LogP contribution in [0.15, 0.2) is 60.7 Å². The highest BCUT2D eigenvalue weighted by atomic mass is 79.9. The van der Waals surface area contributed by atoms with E-state index in [1.54, 1.807) is 13.8 Å². The molecule has 0 heterocycles. The lowest BCUT2D eigenvalue weighted by Crippen LogP contribution is -2.35. The molecule has 0 amide bonds. The van der Waals surface area contributed by atoms with Gasteiger partial charge >= 0.3 is 11.9 Å². The molecule has 0 bridgehead atoms. The molecule has 0 radical (unpaired) electrons. The number of ether oxygens (including phenoxy) is 2. The van der Waals surface area contributed by atoms with Gasteiger partial charge in [-0.25, -0.2) is 0 Å². The molecular weight excluding hydrogens is 420 g/mol. The molecule has 150 valence electrons. The van der Waals surface area contributed by atoms with Gasteiger partial charge in [-0.3, -0.25) is 9.59 Å². The van der Waals surface area contributed by atoms with Crippen molar-refractivity contribution < 1.29 is 19.1 Å². The maximum absolute atomic E-state index is 12.6. The third kappa shape index (κ3) is 6.79. The van der Waals surface area contributed by atoms with Gasteiger partial charge in [-0.15, -0.1) is 0 Å². The molecular formula is C23H27BrO4. The largest absolute Gasteiger partial charge is 0.466 e. The van der Waals surface area contributed by atoms with Crippen LogP contribution in [-0.2, 0) is 25.5 Å². The Morgan fingerprint density at radius 1 is 1.00 bits per heavy atom. The number of benzene rings is 2. The van der Waals surface area contributed by atoms with Crippen molar-refractivity contribution in [3.63, 3.8) is 0 Å². The van der Waals surface area contributed by atoms with Crippen molar-refractivity contribution in [2.45, 2.75) is 43.4 Å². The predicted molar refractivity (Wildman–Crippen MR) is 113 cm³/mol. The van der Waals surface area contributed by atoms with Crippen LogP contribution in [0.2, 0.25) is 0 Å². The third-order valence-corrected chi connectivity index (χ3v) is 5.12. The topological polar surface area (TPSA) is 52.6 Å². The molecule has 0 aliphatic rings. The molecule has 2 unspecified atom stereocenters. The summed E-state index contributed by atoms with van der Waals surface area (Å²) in [5, 5.41) is 0. The zero-order valence-corrected chi connectivity index (χ0v) is 18.0. The number of halogens is 1. The zero-order chi connectivity index (χ0) is 20.4. The Balaban J connectivity index is 1.94. The highest BCUT2D eigenvalue weighted by molar-refractivity contribution is 9.10. The second-order valence-corrected chi connectivity index (χ2v) is 8.59. The summed E-state index contributed by atoms with van der Waals surface area (Å²) in [7, 11) is 0. The van der Waals surface area contributed by atoms with Gasteiger partial charge in [-0.1, -0.05) is 76.6 Å². The van der Waals surface area contributed by atoms with Crippen molar-refractivity contribution >= 4 is 27.9 Å². The lowest BCUT2D eigenvalue weighted by atomic mass is 9.89. The van der Waals surface area contributed by atoms with Crippen molar-refractivity contribution in [1.29, 1.82) is 0 Å². The molecule has 2 atom stereocenters. The number of esters is 2. The van der Waals surface area contributed by atoms with Crippen molar-refractivity contribution in [1.82, 2.24) is 0 Å². The van der Waals surface area contributed by atoms with Crippen molar-refractivity contribution in [2.24, 2.45) is 0 Å². The van der Waals surface area contributed by atoms with E-state index >= 15 is 0 Å². The van der Waals surface area contributed by atoms with Gasteiger partial charge in [-0.05, 0) is 44.2 Å². The fraction of sp³-hybridized carbons (Fsp3) is 0.391. The van der Waals surface area contributed by atoms with Crippen LogP contribution in [0.1, 0.15) is 43.7 Å². The minimum atomic E-state index is -0.979. The van der Waals surface area contributed by atoms with Gasteiger partial charge in [-0.2, -0.15) is 0 Å². The Bertz CT molecular complexity index is 744. The molecule has 5 heteroatoms. The summed E-state index contributed by atoms with van der Waals surface area (Å²) >= 11 is 3.48. The van der Waals surface area contributed by atoms with Gasteiger partial charge in [0.2, 0.25) is 0 Å². The molecule has 28 heavy (non-hydrogen) atoms. The third-order valence-electron chi connectivity index (χ3n) is 4.47. The van der Waals surface area contributed by atoms with Gasteiger partial charge < -0.3 is 9.47 Å². The molecule has 0 spiro atoms. The highest BCUT2D eigenvalue weighted by Gasteiger charge is 2.38. The molecule has 2 aromatic rings. The first-order chi connectivity index (χ1) is 13.4. The minimum Gasteiger partial charge on any atom is -0.466 e. The van der Waals surface area contributed by atoms with Crippen LogP contribution in [-0.4, -0.2) is 29.5 Å². The quantitative estimate of drug-likeness (QED) is 0.291. The summed E-state index contributed by atoms with van der Waals surface area (Å²) in [6.45, 7) is 4.14.